The number of hydrogen-bond donors (Lipinski definition) is 2. The highest BCUT2D eigenvalue weighted by Crippen LogP contribution is 2.25. The fourth-order valence-corrected chi connectivity index (χ4v) is 3.02. The average molecular weight is 314 g/mol. The molecule has 2 aromatic heterocycles. The lowest BCUT2D eigenvalue weighted by molar-refractivity contribution is 0.175. The molecule has 2 heterocycles. The Bertz CT molecular complexity index is 551. The van der Waals surface area contributed by atoms with Crippen LogP contribution in [-0.4, -0.2) is 21.4 Å². The van der Waals surface area contributed by atoms with Crippen molar-refractivity contribution >= 4 is 22.9 Å². The first-order valence-electron chi connectivity index (χ1n) is 6.62. The molecule has 4 nitrogen and oxygen atoms in total. The SMILES string of the molecule is CC(C)c1nn(C)c(Cl)c1CNCC(O)c1ccsc1. The Kier molecular flexibility index (Phi) is 5.21. The van der Waals surface area contributed by atoms with Gasteiger partial charge in [-0.1, -0.05) is 25.4 Å². The largest absolute Gasteiger partial charge is 0.387 e. The summed E-state index contributed by atoms with van der Waals surface area (Å²) >= 11 is 7.86. The topological polar surface area (TPSA) is 50.1 Å². The van der Waals surface area contributed by atoms with Gasteiger partial charge in [-0.15, -0.1) is 0 Å². The quantitative estimate of drug-likeness (QED) is 0.861. The van der Waals surface area contributed by atoms with Crippen molar-refractivity contribution in [2.45, 2.75) is 32.4 Å². The molecule has 6 heteroatoms. The third-order valence-corrected chi connectivity index (χ3v) is 4.39. The van der Waals surface area contributed by atoms with Crippen LogP contribution in [0.3, 0.4) is 0 Å². The van der Waals surface area contributed by atoms with E-state index in [1.54, 1.807) is 16.0 Å². The van der Waals surface area contributed by atoms with Gasteiger partial charge in [0.2, 0.25) is 0 Å². The van der Waals surface area contributed by atoms with Crippen molar-refractivity contribution in [2.75, 3.05) is 6.54 Å². The number of hydrogen-bond acceptors (Lipinski definition) is 4. The van der Waals surface area contributed by atoms with Crippen molar-refractivity contribution in [3.63, 3.8) is 0 Å². The number of aryl methyl sites for hydroxylation is 1. The minimum atomic E-state index is -0.487. The first-order valence-corrected chi connectivity index (χ1v) is 7.95. The normalized spacial score (nSPS) is 13.1. The molecular formula is C14H20ClN3OS. The molecule has 2 rings (SSSR count). The van der Waals surface area contributed by atoms with Crippen molar-refractivity contribution < 1.29 is 5.11 Å². The van der Waals surface area contributed by atoms with Gasteiger partial charge in [-0.05, 0) is 28.3 Å². The van der Waals surface area contributed by atoms with Crippen LogP contribution < -0.4 is 5.32 Å². The minimum Gasteiger partial charge on any atom is -0.387 e. The molecule has 0 bridgehead atoms. The maximum Gasteiger partial charge on any atom is 0.131 e. The molecule has 0 aliphatic heterocycles. The minimum absolute atomic E-state index is 0.326. The number of nitrogens with zero attached hydrogens (tertiary/aromatic N) is 2. The number of thiophene rings is 1. The van der Waals surface area contributed by atoms with Gasteiger partial charge in [0, 0.05) is 25.7 Å². The van der Waals surface area contributed by atoms with E-state index in [4.69, 9.17) is 11.6 Å². The summed E-state index contributed by atoms with van der Waals surface area (Å²) < 4.78 is 1.70. The lowest BCUT2D eigenvalue weighted by Gasteiger charge is -2.11. The first-order chi connectivity index (χ1) is 9.50. The Morgan fingerprint density at radius 3 is 2.85 bits per heavy atom. The fraction of sp³-hybridized carbons (Fsp3) is 0.500. The molecule has 20 heavy (non-hydrogen) atoms. The molecule has 0 amide bonds. The second-order valence-electron chi connectivity index (χ2n) is 5.14. The number of aromatic nitrogens is 2. The van der Waals surface area contributed by atoms with Crippen LogP contribution in [0.1, 0.15) is 42.7 Å². The third kappa shape index (κ3) is 3.41. The molecule has 0 saturated carbocycles. The Balaban J connectivity index is 1.97. The van der Waals surface area contributed by atoms with E-state index in [1.807, 2.05) is 23.9 Å². The summed E-state index contributed by atoms with van der Waals surface area (Å²) in [6.07, 6.45) is -0.487. The summed E-state index contributed by atoms with van der Waals surface area (Å²) in [7, 11) is 1.85. The smallest absolute Gasteiger partial charge is 0.131 e. The zero-order chi connectivity index (χ0) is 14.7. The van der Waals surface area contributed by atoms with Crippen molar-refractivity contribution in [1.82, 2.24) is 15.1 Å². The number of aliphatic hydroxyl groups excluding tert-OH is 1. The predicted octanol–water partition coefficient (Wildman–Crippen LogP) is 3.08. The molecule has 0 fully saturated rings. The van der Waals surface area contributed by atoms with Crippen LogP contribution in [0.4, 0.5) is 0 Å². The summed E-state index contributed by atoms with van der Waals surface area (Å²) in [5.74, 6) is 0.326. The first kappa shape index (κ1) is 15.5. The highest BCUT2D eigenvalue weighted by molar-refractivity contribution is 7.07. The van der Waals surface area contributed by atoms with Gasteiger partial charge in [-0.2, -0.15) is 16.4 Å². The van der Waals surface area contributed by atoms with Crippen LogP contribution in [0.25, 0.3) is 0 Å². The van der Waals surface area contributed by atoms with Gasteiger partial charge in [0.1, 0.15) is 5.15 Å². The molecule has 0 aliphatic rings. The second-order valence-corrected chi connectivity index (χ2v) is 6.27. The van der Waals surface area contributed by atoms with Crippen LogP contribution in [0.2, 0.25) is 5.15 Å². The van der Waals surface area contributed by atoms with E-state index >= 15 is 0 Å². The number of halogens is 1. The lowest BCUT2D eigenvalue weighted by atomic mass is 10.1. The van der Waals surface area contributed by atoms with E-state index < -0.39 is 6.10 Å². The van der Waals surface area contributed by atoms with Crippen LogP contribution in [0, 0.1) is 0 Å². The second kappa shape index (κ2) is 6.72. The fourth-order valence-electron chi connectivity index (χ4n) is 2.11. The maximum absolute atomic E-state index is 10.0. The Labute approximate surface area is 128 Å². The van der Waals surface area contributed by atoms with Crippen molar-refractivity contribution in [3.8, 4) is 0 Å². The van der Waals surface area contributed by atoms with Gasteiger partial charge < -0.3 is 10.4 Å². The van der Waals surface area contributed by atoms with Gasteiger partial charge >= 0.3 is 0 Å². The molecule has 2 aromatic rings. The van der Waals surface area contributed by atoms with E-state index in [1.165, 1.54) is 0 Å². The molecule has 0 aliphatic carbocycles. The summed E-state index contributed by atoms with van der Waals surface area (Å²) in [6, 6.07) is 1.94. The van der Waals surface area contributed by atoms with Crippen LogP contribution >= 0.6 is 22.9 Å². The van der Waals surface area contributed by atoms with E-state index in [9.17, 15) is 5.11 Å². The van der Waals surface area contributed by atoms with E-state index in [-0.39, 0.29) is 0 Å². The van der Waals surface area contributed by atoms with Crippen LogP contribution in [-0.2, 0) is 13.6 Å². The summed E-state index contributed by atoms with van der Waals surface area (Å²) in [6.45, 7) is 5.31. The Morgan fingerprint density at radius 2 is 2.25 bits per heavy atom. The zero-order valence-corrected chi connectivity index (χ0v) is 13.5. The Hall–Kier alpha value is -0.880. The number of aliphatic hydroxyl groups is 1. The molecule has 1 unspecified atom stereocenters. The molecule has 2 N–H and O–H groups in total. The number of rotatable bonds is 6. The maximum atomic E-state index is 10.0. The summed E-state index contributed by atoms with van der Waals surface area (Å²) in [5.41, 5.74) is 2.97. The average Bonchev–Trinajstić information content (AvgIpc) is 3.01. The standard InChI is InChI=1S/C14H20ClN3OS/c1-9(2)13-11(14(15)18(3)17-13)6-16-7-12(19)10-4-5-20-8-10/h4-5,8-9,12,16,19H,6-7H2,1-3H3. The molecule has 0 radical (unpaired) electrons. The lowest BCUT2D eigenvalue weighted by Crippen LogP contribution is -2.21. The summed E-state index contributed by atoms with van der Waals surface area (Å²) in [5, 5.41) is 22.3. The highest BCUT2D eigenvalue weighted by atomic mass is 35.5. The Morgan fingerprint density at radius 1 is 1.50 bits per heavy atom. The van der Waals surface area contributed by atoms with Gasteiger partial charge in [0.15, 0.2) is 0 Å². The third-order valence-electron chi connectivity index (χ3n) is 3.21. The van der Waals surface area contributed by atoms with E-state index in [0.29, 0.717) is 24.2 Å². The molecule has 0 saturated heterocycles. The molecule has 0 spiro atoms. The zero-order valence-electron chi connectivity index (χ0n) is 11.9. The number of nitrogens with one attached hydrogen (secondary N) is 1. The van der Waals surface area contributed by atoms with Crippen molar-refractivity contribution in [2.24, 2.45) is 7.05 Å². The monoisotopic (exact) mass is 313 g/mol. The van der Waals surface area contributed by atoms with Gasteiger partial charge in [0.25, 0.3) is 0 Å². The van der Waals surface area contributed by atoms with Gasteiger partial charge in [-0.3, -0.25) is 4.68 Å². The van der Waals surface area contributed by atoms with Gasteiger partial charge in [0.05, 0.1) is 11.8 Å². The highest BCUT2D eigenvalue weighted by Gasteiger charge is 2.17. The molecule has 0 aromatic carbocycles. The molecular weight excluding hydrogens is 294 g/mol. The molecule has 110 valence electrons. The van der Waals surface area contributed by atoms with Gasteiger partial charge in [-0.25, -0.2) is 0 Å². The van der Waals surface area contributed by atoms with Crippen LogP contribution in [0.5, 0.6) is 0 Å². The van der Waals surface area contributed by atoms with Crippen molar-refractivity contribution in [1.29, 1.82) is 0 Å². The van der Waals surface area contributed by atoms with Crippen molar-refractivity contribution in [3.05, 3.63) is 38.8 Å². The van der Waals surface area contributed by atoms with Crippen LogP contribution in [0.15, 0.2) is 16.8 Å². The van der Waals surface area contributed by atoms with E-state index in [2.05, 4.69) is 24.3 Å². The predicted molar refractivity (Wildman–Crippen MR) is 83.3 cm³/mol. The van der Waals surface area contributed by atoms with E-state index in [0.717, 1.165) is 16.8 Å². The molecule has 1 atom stereocenters. The summed E-state index contributed by atoms with van der Waals surface area (Å²) in [4.78, 5) is 0.